The second kappa shape index (κ2) is 8.71. The average molecular weight is 314 g/mol. The van der Waals surface area contributed by atoms with Gasteiger partial charge in [0.05, 0.1) is 17.2 Å². The van der Waals surface area contributed by atoms with Gasteiger partial charge in [-0.25, -0.2) is 4.98 Å². The Morgan fingerprint density at radius 2 is 1.86 bits per heavy atom. The lowest BCUT2D eigenvalue weighted by atomic mass is 10.0. The Labute approximate surface area is 133 Å². The molecule has 0 aliphatic carbocycles. The van der Waals surface area contributed by atoms with E-state index < -0.39 is 0 Å². The summed E-state index contributed by atoms with van der Waals surface area (Å²) in [6.07, 6.45) is 1.05. The molecule has 1 rings (SSSR count). The number of rotatable bonds is 9. The summed E-state index contributed by atoms with van der Waals surface area (Å²) in [6.45, 7) is 11.9. The lowest BCUT2D eigenvalue weighted by Gasteiger charge is -2.25. The monoisotopic (exact) mass is 313 g/mol. The van der Waals surface area contributed by atoms with Crippen LogP contribution >= 0.6 is 11.3 Å². The van der Waals surface area contributed by atoms with Gasteiger partial charge in [0.1, 0.15) is 0 Å². The van der Waals surface area contributed by atoms with Crippen LogP contribution in [0.3, 0.4) is 0 Å². The Balaban J connectivity index is 2.97. The highest BCUT2D eigenvalue weighted by Crippen LogP contribution is 2.32. The Hall–Kier alpha value is -0.650. The van der Waals surface area contributed by atoms with Crippen molar-refractivity contribution in [3.63, 3.8) is 0 Å². The van der Waals surface area contributed by atoms with E-state index >= 15 is 0 Å². The van der Waals surface area contributed by atoms with Gasteiger partial charge < -0.3 is 14.9 Å². The predicted molar refractivity (Wildman–Crippen MR) is 92.3 cm³/mol. The van der Waals surface area contributed by atoms with Crippen molar-refractivity contribution in [2.45, 2.75) is 46.6 Å². The first kappa shape index (κ1) is 18.4. The molecular formula is C16H31N3OS. The normalized spacial score (nSPS) is 13.2. The number of likely N-dealkylation sites (N-methyl/N-ethyl adjacent to an activating group) is 1. The van der Waals surface area contributed by atoms with Crippen molar-refractivity contribution in [1.82, 2.24) is 9.88 Å². The second-order valence-electron chi connectivity index (χ2n) is 6.42. The maximum Gasteiger partial charge on any atom is 0.185 e. The summed E-state index contributed by atoms with van der Waals surface area (Å²) in [6, 6.07) is 0. The number of thiazole rings is 1. The minimum absolute atomic E-state index is 0.0978. The van der Waals surface area contributed by atoms with E-state index in [4.69, 9.17) is 4.98 Å². The Morgan fingerprint density at radius 3 is 2.33 bits per heavy atom. The van der Waals surface area contributed by atoms with Gasteiger partial charge in [-0.2, -0.15) is 0 Å². The number of aliphatic hydroxyl groups excluding tert-OH is 1. The Kier molecular flexibility index (Phi) is 7.63. The van der Waals surface area contributed by atoms with Crippen LogP contribution in [0.15, 0.2) is 0 Å². The molecule has 1 unspecified atom stereocenters. The summed E-state index contributed by atoms with van der Waals surface area (Å²) in [5.74, 6) is 1.01. The predicted octanol–water partition coefficient (Wildman–Crippen LogP) is 3.17. The van der Waals surface area contributed by atoms with E-state index in [0.717, 1.165) is 41.8 Å². The van der Waals surface area contributed by atoms with Crippen LogP contribution in [-0.2, 0) is 6.61 Å². The zero-order chi connectivity index (χ0) is 16.0. The summed E-state index contributed by atoms with van der Waals surface area (Å²) < 4.78 is 0. The van der Waals surface area contributed by atoms with Crippen molar-refractivity contribution in [1.29, 1.82) is 0 Å². The zero-order valence-electron chi connectivity index (χ0n) is 14.4. The van der Waals surface area contributed by atoms with Gasteiger partial charge in [-0.1, -0.05) is 39.0 Å². The van der Waals surface area contributed by atoms with Gasteiger partial charge in [-0.15, -0.1) is 0 Å². The molecule has 0 aromatic carbocycles. The molecule has 0 aliphatic rings. The van der Waals surface area contributed by atoms with Gasteiger partial charge in [-0.05, 0) is 32.4 Å². The van der Waals surface area contributed by atoms with Crippen LogP contribution < -0.4 is 4.90 Å². The van der Waals surface area contributed by atoms with Crippen LogP contribution in [-0.4, -0.2) is 48.7 Å². The van der Waals surface area contributed by atoms with Gasteiger partial charge in [0.2, 0.25) is 0 Å². The molecule has 0 fully saturated rings. The molecule has 122 valence electrons. The molecular weight excluding hydrogens is 282 g/mol. The number of anilines is 1. The van der Waals surface area contributed by atoms with Crippen molar-refractivity contribution < 1.29 is 5.11 Å². The third-order valence-electron chi connectivity index (χ3n) is 3.61. The van der Waals surface area contributed by atoms with Crippen LogP contribution in [0.1, 0.15) is 50.6 Å². The van der Waals surface area contributed by atoms with E-state index in [1.54, 1.807) is 11.3 Å². The molecule has 1 aromatic heterocycles. The molecule has 0 saturated carbocycles. The minimum atomic E-state index is 0.0978. The van der Waals surface area contributed by atoms with Crippen LogP contribution in [0.25, 0.3) is 0 Å². The smallest absolute Gasteiger partial charge is 0.185 e. The standard InChI is InChI=1S/C16H31N3OS/c1-7-13(4)15-14(11-20)21-16(17-15)19(10-12(2)3)9-8-18(5)6/h12-13,20H,7-11H2,1-6H3. The van der Waals surface area contributed by atoms with Gasteiger partial charge in [0, 0.05) is 19.6 Å². The first-order chi connectivity index (χ1) is 9.88. The van der Waals surface area contributed by atoms with E-state index in [0.29, 0.717) is 11.8 Å². The molecule has 1 N–H and O–H groups in total. The molecule has 0 spiro atoms. The van der Waals surface area contributed by atoms with Gasteiger partial charge >= 0.3 is 0 Å². The van der Waals surface area contributed by atoms with Gasteiger partial charge in [0.15, 0.2) is 5.13 Å². The van der Waals surface area contributed by atoms with Crippen LogP contribution in [0, 0.1) is 5.92 Å². The SMILES string of the molecule is CCC(C)c1nc(N(CCN(C)C)CC(C)C)sc1CO. The molecule has 1 aromatic rings. The topological polar surface area (TPSA) is 39.6 Å². The second-order valence-corrected chi connectivity index (χ2v) is 7.48. The number of hydrogen-bond donors (Lipinski definition) is 1. The van der Waals surface area contributed by atoms with Crippen molar-refractivity contribution in [3.05, 3.63) is 10.6 Å². The van der Waals surface area contributed by atoms with Crippen molar-refractivity contribution in [2.24, 2.45) is 5.92 Å². The summed E-state index contributed by atoms with van der Waals surface area (Å²) in [5, 5.41) is 10.7. The minimum Gasteiger partial charge on any atom is -0.391 e. The molecule has 1 atom stereocenters. The van der Waals surface area contributed by atoms with Crippen molar-refractivity contribution in [3.8, 4) is 0 Å². The zero-order valence-corrected chi connectivity index (χ0v) is 15.2. The highest BCUT2D eigenvalue weighted by Gasteiger charge is 2.19. The highest BCUT2D eigenvalue weighted by molar-refractivity contribution is 7.15. The first-order valence-corrected chi connectivity index (χ1v) is 8.70. The molecule has 4 nitrogen and oxygen atoms in total. The fraction of sp³-hybridized carbons (Fsp3) is 0.812. The molecule has 0 amide bonds. The van der Waals surface area contributed by atoms with E-state index in [1.807, 2.05) is 0 Å². The summed E-state index contributed by atoms with van der Waals surface area (Å²) in [7, 11) is 4.19. The largest absolute Gasteiger partial charge is 0.391 e. The summed E-state index contributed by atoms with van der Waals surface area (Å²) in [4.78, 5) is 10.4. The lowest BCUT2D eigenvalue weighted by Crippen LogP contribution is -2.34. The lowest BCUT2D eigenvalue weighted by molar-refractivity contribution is 0.283. The number of aliphatic hydroxyl groups is 1. The van der Waals surface area contributed by atoms with Crippen molar-refractivity contribution >= 4 is 16.5 Å². The number of aromatic nitrogens is 1. The van der Waals surface area contributed by atoms with Gasteiger partial charge in [0.25, 0.3) is 0 Å². The van der Waals surface area contributed by atoms with Crippen LogP contribution in [0.4, 0.5) is 5.13 Å². The van der Waals surface area contributed by atoms with Gasteiger partial charge in [-0.3, -0.25) is 0 Å². The highest BCUT2D eigenvalue weighted by atomic mass is 32.1. The maximum absolute atomic E-state index is 9.60. The Bertz CT molecular complexity index is 418. The number of hydrogen-bond acceptors (Lipinski definition) is 5. The van der Waals surface area contributed by atoms with E-state index in [1.165, 1.54) is 0 Å². The molecule has 1 heterocycles. The van der Waals surface area contributed by atoms with Crippen LogP contribution in [0.5, 0.6) is 0 Å². The summed E-state index contributed by atoms with van der Waals surface area (Å²) in [5.41, 5.74) is 1.08. The molecule has 0 saturated heterocycles. The molecule has 0 bridgehead atoms. The maximum atomic E-state index is 9.60. The first-order valence-electron chi connectivity index (χ1n) is 7.89. The van der Waals surface area contributed by atoms with E-state index in [2.05, 4.69) is 51.6 Å². The number of nitrogens with zero attached hydrogens (tertiary/aromatic N) is 3. The molecule has 0 aliphatic heterocycles. The van der Waals surface area contributed by atoms with E-state index in [9.17, 15) is 5.11 Å². The molecule has 5 heteroatoms. The Morgan fingerprint density at radius 1 is 1.19 bits per heavy atom. The fourth-order valence-electron chi connectivity index (χ4n) is 2.20. The third-order valence-corrected chi connectivity index (χ3v) is 4.73. The molecule has 21 heavy (non-hydrogen) atoms. The third kappa shape index (κ3) is 5.57. The molecule has 0 radical (unpaired) electrons. The quantitative estimate of drug-likeness (QED) is 0.760. The summed E-state index contributed by atoms with van der Waals surface area (Å²) >= 11 is 1.65. The average Bonchev–Trinajstić information content (AvgIpc) is 2.86. The van der Waals surface area contributed by atoms with E-state index in [-0.39, 0.29) is 6.61 Å². The van der Waals surface area contributed by atoms with Crippen molar-refractivity contribution in [2.75, 3.05) is 38.6 Å². The fourth-order valence-corrected chi connectivity index (χ4v) is 3.28. The van der Waals surface area contributed by atoms with Crippen LogP contribution in [0.2, 0.25) is 0 Å².